The third-order valence-electron chi connectivity index (χ3n) is 7.91. The van der Waals surface area contributed by atoms with Crippen LogP contribution in [0.4, 0.5) is 0 Å². The fourth-order valence-corrected chi connectivity index (χ4v) is 6.44. The van der Waals surface area contributed by atoms with Crippen molar-refractivity contribution >= 4 is 43.7 Å². The summed E-state index contributed by atoms with van der Waals surface area (Å²) >= 11 is 0. The number of hydrogen-bond acceptors (Lipinski definition) is 2. The molecule has 2 aromatic heterocycles. The van der Waals surface area contributed by atoms with Crippen LogP contribution >= 0.6 is 0 Å². The molecule has 3 heteroatoms. The highest BCUT2D eigenvalue weighted by Crippen LogP contribution is 2.55. The van der Waals surface area contributed by atoms with Gasteiger partial charge in [-0.1, -0.05) is 80.6 Å². The molecule has 1 aliphatic rings. The van der Waals surface area contributed by atoms with Crippen molar-refractivity contribution in [2.24, 2.45) is 0 Å². The van der Waals surface area contributed by atoms with Gasteiger partial charge in [-0.05, 0) is 57.3 Å². The lowest BCUT2D eigenvalue weighted by Crippen LogP contribution is -2.15. The van der Waals surface area contributed by atoms with E-state index in [1.807, 2.05) is 6.07 Å². The van der Waals surface area contributed by atoms with E-state index in [1.54, 1.807) is 0 Å². The zero-order chi connectivity index (χ0) is 23.3. The Morgan fingerprint density at radius 1 is 0.743 bits per heavy atom. The average molecular weight is 451 g/mol. The quantitative estimate of drug-likeness (QED) is 0.251. The molecule has 8 rings (SSSR count). The molecule has 0 amide bonds. The lowest BCUT2D eigenvalue weighted by atomic mass is 9.80. The fraction of sp³-hybridized carbons (Fsp3) is 0.0938. The molecule has 2 heterocycles. The van der Waals surface area contributed by atoms with Gasteiger partial charge in [-0.25, -0.2) is 4.98 Å². The van der Waals surface area contributed by atoms with Gasteiger partial charge in [0.25, 0.3) is 0 Å². The minimum Gasteiger partial charge on any atom is -0.441 e. The van der Waals surface area contributed by atoms with Gasteiger partial charge in [0.2, 0.25) is 0 Å². The molecule has 166 valence electrons. The van der Waals surface area contributed by atoms with Crippen LogP contribution in [0, 0.1) is 0 Å². The van der Waals surface area contributed by atoms with Crippen molar-refractivity contribution in [3.05, 3.63) is 109 Å². The molecule has 0 unspecified atom stereocenters. The number of rotatable bonds is 1. The Morgan fingerprint density at radius 3 is 2.49 bits per heavy atom. The lowest BCUT2D eigenvalue weighted by Gasteiger charge is -2.23. The molecular weight excluding hydrogens is 428 g/mol. The van der Waals surface area contributed by atoms with Gasteiger partial charge in [0, 0.05) is 16.2 Å². The number of hydrogen-bond donors (Lipinski definition) is 0. The Morgan fingerprint density at radius 2 is 1.57 bits per heavy atom. The zero-order valence-electron chi connectivity index (χ0n) is 19.5. The molecule has 0 bridgehead atoms. The van der Waals surface area contributed by atoms with Crippen molar-refractivity contribution < 1.29 is 4.42 Å². The van der Waals surface area contributed by atoms with Crippen molar-refractivity contribution in [3.63, 3.8) is 0 Å². The van der Waals surface area contributed by atoms with E-state index in [-0.39, 0.29) is 5.41 Å². The number of benzene rings is 5. The Labute approximate surface area is 202 Å². The highest BCUT2D eigenvalue weighted by atomic mass is 16.3. The minimum absolute atomic E-state index is 0.124. The van der Waals surface area contributed by atoms with Crippen molar-refractivity contribution in [1.82, 2.24) is 9.55 Å². The molecule has 0 radical (unpaired) electrons. The highest BCUT2D eigenvalue weighted by Gasteiger charge is 2.39. The molecule has 3 nitrogen and oxygen atoms in total. The Bertz CT molecular complexity index is 1990. The largest absolute Gasteiger partial charge is 0.441 e. The number of fused-ring (bicyclic) bond motifs is 10. The van der Waals surface area contributed by atoms with Crippen LogP contribution in [-0.2, 0) is 5.41 Å². The normalized spacial score (nSPS) is 14.2. The second-order valence-electron chi connectivity index (χ2n) is 10.0. The van der Waals surface area contributed by atoms with Gasteiger partial charge >= 0.3 is 0 Å². The SMILES string of the molecule is CC1(C)c2ccc3ccccc3c2-c2ccc3c(c21)c1ccccc1n3-c1cccc2ncoc12. The maximum Gasteiger partial charge on any atom is 0.182 e. The fourth-order valence-electron chi connectivity index (χ4n) is 6.44. The van der Waals surface area contributed by atoms with E-state index in [0.717, 1.165) is 16.8 Å². The second kappa shape index (κ2) is 6.39. The van der Waals surface area contributed by atoms with Gasteiger partial charge in [0.15, 0.2) is 12.0 Å². The minimum atomic E-state index is -0.124. The molecule has 0 N–H and O–H groups in total. The molecule has 0 aliphatic heterocycles. The van der Waals surface area contributed by atoms with Crippen molar-refractivity contribution in [2.45, 2.75) is 19.3 Å². The summed E-state index contributed by atoms with van der Waals surface area (Å²) < 4.78 is 8.21. The standard InChI is InChI=1S/C32H22N2O/c1-32(2)23-16-14-19-8-3-4-9-20(19)28(23)22-15-17-26-29(30(22)32)21-10-5-6-12-25(21)34(26)27-13-7-11-24-31(27)35-18-33-24/h3-18H,1-2H3. The first-order valence-electron chi connectivity index (χ1n) is 12.1. The van der Waals surface area contributed by atoms with E-state index in [9.17, 15) is 0 Å². The first-order chi connectivity index (χ1) is 17.1. The predicted molar refractivity (Wildman–Crippen MR) is 143 cm³/mol. The summed E-state index contributed by atoms with van der Waals surface area (Å²) in [6.45, 7) is 4.74. The van der Waals surface area contributed by atoms with Gasteiger partial charge in [-0.15, -0.1) is 0 Å². The number of oxazole rings is 1. The predicted octanol–water partition coefficient (Wildman–Crippen LogP) is 8.38. The Kier molecular flexibility index (Phi) is 3.47. The Hall–Kier alpha value is -4.37. The summed E-state index contributed by atoms with van der Waals surface area (Å²) in [7, 11) is 0. The van der Waals surface area contributed by atoms with Crippen LogP contribution < -0.4 is 0 Å². The molecule has 7 aromatic rings. The van der Waals surface area contributed by atoms with E-state index in [2.05, 4.69) is 108 Å². The molecule has 0 saturated carbocycles. The van der Waals surface area contributed by atoms with Crippen molar-refractivity contribution in [1.29, 1.82) is 0 Å². The summed E-state index contributed by atoms with van der Waals surface area (Å²) in [5.74, 6) is 0. The molecule has 0 saturated heterocycles. The van der Waals surface area contributed by atoms with Gasteiger partial charge < -0.3 is 8.98 Å². The zero-order valence-corrected chi connectivity index (χ0v) is 19.5. The van der Waals surface area contributed by atoms with Gasteiger partial charge in [0.05, 0.1) is 16.7 Å². The van der Waals surface area contributed by atoms with Crippen LogP contribution in [0.5, 0.6) is 0 Å². The van der Waals surface area contributed by atoms with Crippen LogP contribution in [0.3, 0.4) is 0 Å². The summed E-state index contributed by atoms with van der Waals surface area (Å²) in [5, 5.41) is 5.20. The molecule has 0 spiro atoms. The van der Waals surface area contributed by atoms with Crippen LogP contribution in [-0.4, -0.2) is 9.55 Å². The summed E-state index contributed by atoms with van der Waals surface area (Å²) in [5.41, 5.74) is 10.5. The lowest BCUT2D eigenvalue weighted by molar-refractivity contribution is 0.600. The van der Waals surface area contributed by atoms with E-state index >= 15 is 0 Å². The summed E-state index contributed by atoms with van der Waals surface area (Å²) in [6.07, 6.45) is 1.53. The van der Waals surface area contributed by atoms with Crippen LogP contribution in [0.1, 0.15) is 25.0 Å². The highest BCUT2D eigenvalue weighted by molar-refractivity contribution is 6.16. The smallest absolute Gasteiger partial charge is 0.182 e. The molecular formula is C32H22N2O. The first-order valence-corrected chi connectivity index (χ1v) is 12.1. The topological polar surface area (TPSA) is 31.0 Å². The Balaban J connectivity index is 1.57. The van der Waals surface area contributed by atoms with Crippen LogP contribution in [0.25, 0.3) is 60.5 Å². The number of aromatic nitrogens is 2. The van der Waals surface area contributed by atoms with Crippen LogP contribution in [0.2, 0.25) is 0 Å². The average Bonchev–Trinajstić information content (AvgIpc) is 3.55. The second-order valence-corrected chi connectivity index (χ2v) is 10.0. The van der Waals surface area contributed by atoms with Crippen LogP contribution in [0.15, 0.2) is 102 Å². The molecule has 5 aromatic carbocycles. The van der Waals surface area contributed by atoms with Crippen molar-refractivity contribution in [3.8, 4) is 16.8 Å². The van der Waals surface area contributed by atoms with E-state index in [1.165, 1.54) is 61.2 Å². The molecule has 0 atom stereocenters. The molecule has 35 heavy (non-hydrogen) atoms. The third kappa shape index (κ3) is 2.28. The van der Waals surface area contributed by atoms with Gasteiger partial charge in [-0.2, -0.15) is 0 Å². The maximum atomic E-state index is 5.87. The van der Waals surface area contributed by atoms with E-state index in [4.69, 9.17) is 4.42 Å². The van der Waals surface area contributed by atoms with Crippen molar-refractivity contribution in [2.75, 3.05) is 0 Å². The van der Waals surface area contributed by atoms with E-state index < -0.39 is 0 Å². The third-order valence-corrected chi connectivity index (χ3v) is 7.91. The van der Waals surface area contributed by atoms with Gasteiger partial charge in [-0.3, -0.25) is 0 Å². The number of para-hydroxylation sites is 2. The summed E-state index contributed by atoms with van der Waals surface area (Å²) in [6, 6.07) is 32.9. The van der Waals surface area contributed by atoms with Gasteiger partial charge in [0.1, 0.15) is 5.52 Å². The monoisotopic (exact) mass is 450 g/mol. The van der Waals surface area contributed by atoms with E-state index in [0.29, 0.717) is 0 Å². The number of nitrogens with zero attached hydrogens (tertiary/aromatic N) is 2. The summed E-state index contributed by atoms with van der Waals surface area (Å²) in [4.78, 5) is 4.41. The molecule has 0 fully saturated rings. The maximum absolute atomic E-state index is 5.87. The first kappa shape index (κ1) is 19.0. The molecule has 1 aliphatic carbocycles.